The number of urea groups is 1. The van der Waals surface area contributed by atoms with Crippen molar-refractivity contribution in [3.63, 3.8) is 0 Å². The first-order chi connectivity index (χ1) is 14.3. The average Bonchev–Trinajstić information content (AvgIpc) is 2.72. The van der Waals surface area contributed by atoms with Gasteiger partial charge in [0, 0.05) is 17.9 Å². The van der Waals surface area contributed by atoms with Gasteiger partial charge in [-0.2, -0.15) is 13.2 Å². The summed E-state index contributed by atoms with van der Waals surface area (Å²) in [6.07, 6.45) is -3.75. The van der Waals surface area contributed by atoms with Gasteiger partial charge in [-0.1, -0.05) is 42.5 Å². The second kappa shape index (κ2) is 7.74. The van der Waals surface area contributed by atoms with Gasteiger partial charge in [0.15, 0.2) is 0 Å². The number of rotatable bonds is 2. The van der Waals surface area contributed by atoms with Gasteiger partial charge < -0.3 is 16.0 Å². The van der Waals surface area contributed by atoms with Crippen molar-refractivity contribution in [2.24, 2.45) is 0 Å². The average molecular weight is 411 g/mol. The zero-order chi connectivity index (χ0) is 21.3. The van der Waals surface area contributed by atoms with Gasteiger partial charge >= 0.3 is 12.2 Å². The molecule has 0 aliphatic carbocycles. The van der Waals surface area contributed by atoms with Crippen LogP contribution < -0.4 is 11.1 Å². The van der Waals surface area contributed by atoms with Crippen molar-refractivity contribution in [2.75, 3.05) is 17.6 Å². The molecule has 0 aromatic heterocycles. The van der Waals surface area contributed by atoms with E-state index < -0.39 is 17.8 Å². The molecule has 4 nitrogen and oxygen atoms in total. The number of anilines is 2. The first kappa shape index (κ1) is 19.8. The summed E-state index contributed by atoms with van der Waals surface area (Å²) in [6, 6.07) is 18.7. The first-order valence-electron chi connectivity index (χ1n) is 9.51. The summed E-state index contributed by atoms with van der Waals surface area (Å²) in [7, 11) is 0. The lowest BCUT2D eigenvalue weighted by molar-refractivity contribution is -0.137. The van der Waals surface area contributed by atoms with Crippen LogP contribution in [0.4, 0.5) is 29.3 Å². The number of hydrogen-bond acceptors (Lipinski definition) is 2. The molecule has 3 aromatic carbocycles. The minimum absolute atomic E-state index is 0.333. The Hall–Kier alpha value is -3.48. The number of amides is 2. The Bertz CT molecular complexity index is 1060. The van der Waals surface area contributed by atoms with Gasteiger partial charge in [0.2, 0.25) is 0 Å². The number of nitrogens with one attached hydrogen (secondary N) is 1. The molecule has 30 heavy (non-hydrogen) atoms. The second-order valence-corrected chi connectivity index (χ2v) is 7.22. The molecule has 0 saturated carbocycles. The lowest BCUT2D eigenvalue weighted by Crippen LogP contribution is -2.43. The standard InChI is InChI=1S/C23H20F3N3O/c24-23(25,26)17-10-8-16(9-11-17)21-20-7-2-1-4-15(20)12-13-29(21)22(30)28-19-6-3-5-18(27)14-19/h1-11,14,21H,12-13,27H2,(H,28,30)/t21-/m1/s1. The predicted molar refractivity (Wildman–Crippen MR) is 110 cm³/mol. The Balaban J connectivity index is 1.70. The molecule has 1 heterocycles. The van der Waals surface area contributed by atoms with Crippen LogP contribution in [0.5, 0.6) is 0 Å². The maximum absolute atomic E-state index is 13.1. The molecule has 4 rings (SSSR count). The van der Waals surface area contributed by atoms with E-state index in [0.29, 0.717) is 29.9 Å². The zero-order valence-electron chi connectivity index (χ0n) is 16.0. The van der Waals surface area contributed by atoms with E-state index in [2.05, 4.69) is 5.32 Å². The molecule has 0 bridgehead atoms. The van der Waals surface area contributed by atoms with Crippen molar-refractivity contribution in [1.82, 2.24) is 4.90 Å². The molecule has 154 valence electrons. The molecule has 3 aromatic rings. The highest BCUT2D eigenvalue weighted by Gasteiger charge is 2.34. The van der Waals surface area contributed by atoms with Gasteiger partial charge in [-0.15, -0.1) is 0 Å². The van der Waals surface area contributed by atoms with Crippen LogP contribution in [0.25, 0.3) is 0 Å². The largest absolute Gasteiger partial charge is 0.416 e. The first-order valence-corrected chi connectivity index (χ1v) is 9.51. The molecule has 0 spiro atoms. The molecular weight excluding hydrogens is 391 g/mol. The molecule has 0 radical (unpaired) electrons. The van der Waals surface area contributed by atoms with Crippen LogP contribution >= 0.6 is 0 Å². The van der Waals surface area contributed by atoms with Gasteiger partial charge in [-0.3, -0.25) is 0 Å². The lowest BCUT2D eigenvalue weighted by atomic mass is 9.88. The van der Waals surface area contributed by atoms with Gasteiger partial charge in [0.1, 0.15) is 0 Å². The maximum atomic E-state index is 13.1. The fraction of sp³-hybridized carbons (Fsp3) is 0.174. The molecule has 3 N–H and O–H groups in total. The van der Waals surface area contributed by atoms with E-state index in [4.69, 9.17) is 5.73 Å². The molecular formula is C23H20F3N3O. The maximum Gasteiger partial charge on any atom is 0.416 e. The molecule has 1 atom stereocenters. The van der Waals surface area contributed by atoms with Crippen LogP contribution in [0.1, 0.15) is 28.3 Å². The highest BCUT2D eigenvalue weighted by molar-refractivity contribution is 5.90. The monoisotopic (exact) mass is 411 g/mol. The Morgan fingerprint density at radius 2 is 1.73 bits per heavy atom. The van der Waals surface area contributed by atoms with Crippen molar-refractivity contribution >= 4 is 17.4 Å². The Kier molecular flexibility index (Phi) is 5.11. The van der Waals surface area contributed by atoms with Crippen LogP contribution in [-0.2, 0) is 12.6 Å². The number of halogens is 3. The SMILES string of the molecule is Nc1cccc(NC(=O)N2CCc3ccccc3[C@H]2c2ccc(C(F)(F)F)cc2)c1. The third kappa shape index (κ3) is 3.96. The van der Waals surface area contributed by atoms with Crippen molar-refractivity contribution in [1.29, 1.82) is 0 Å². The Morgan fingerprint density at radius 1 is 1.00 bits per heavy atom. The van der Waals surface area contributed by atoms with Gasteiger partial charge in [-0.05, 0) is 53.4 Å². The number of fused-ring (bicyclic) bond motifs is 1. The van der Waals surface area contributed by atoms with Crippen LogP contribution in [0.3, 0.4) is 0 Å². The van der Waals surface area contributed by atoms with E-state index in [1.54, 1.807) is 29.2 Å². The quantitative estimate of drug-likeness (QED) is 0.550. The number of nitrogens with zero attached hydrogens (tertiary/aromatic N) is 1. The van der Waals surface area contributed by atoms with E-state index in [1.165, 1.54) is 12.1 Å². The zero-order valence-corrected chi connectivity index (χ0v) is 16.0. The summed E-state index contributed by atoms with van der Waals surface area (Å²) in [5, 5.41) is 2.85. The highest BCUT2D eigenvalue weighted by Crippen LogP contribution is 2.37. The van der Waals surface area contributed by atoms with Gasteiger partial charge in [0.25, 0.3) is 0 Å². The molecule has 7 heteroatoms. The summed E-state index contributed by atoms with van der Waals surface area (Å²) >= 11 is 0. The van der Waals surface area contributed by atoms with E-state index in [-0.39, 0.29) is 6.03 Å². The second-order valence-electron chi connectivity index (χ2n) is 7.22. The van der Waals surface area contributed by atoms with Crippen molar-refractivity contribution in [3.8, 4) is 0 Å². The van der Waals surface area contributed by atoms with E-state index >= 15 is 0 Å². The smallest absolute Gasteiger partial charge is 0.399 e. The topological polar surface area (TPSA) is 58.4 Å². The molecule has 2 amide bonds. The third-order valence-corrected chi connectivity index (χ3v) is 5.24. The number of nitrogen functional groups attached to an aromatic ring is 1. The minimum Gasteiger partial charge on any atom is -0.399 e. The molecule has 0 fully saturated rings. The lowest BCUT2D eigenvalue weighted by Gasteiger charge is -2.37. The number of hydrogen-bond donors (Lipinski definition) is 2. The number of carbonyl (C=O) groups is 1. The van der Waals surface area contributed by atoms with Crippen LogP contribution in [0.2, 0.25) is 0 Å². The normalized spacial score (nSPS) is 16.1. The van der Waals surface area contributed by atoms with Crippen LogP contribution in [0.15, 0.2) is 72.8 Å². The number of carbonyl (C=O) groups excluding carboxylic acids is 1. The highest BCUT2D eigenvalue weighted by atomic mass is 19.4. The fourth-order valence-electron chi connectivity index (χ4n) is 3.81. The van der Waals surface area contributed by atoms with Crippen molar-refractivity contribution in [2.45, 2.75) is 18.6 Å². The van der Waals surface area contributed by atoms with Gasteiger partial charge in [0.05, 0.1) is 11.6 Å². The fourth-order valence-corrected chi connectivity index (χ4v) is 3.81. The molecule has 1 aliphatic heterocycles. The predicted octanol–water partition coefficient (Wildman–Crippen LogP) is 5.47. The number of benzene rings is 3. The minimum atomic E-state index is -4.41. The molecule has 0 unspecified atom stereocenters. The molecule has 1 aliphatic rings. The van der Waals surface area contributed by atoms with E-state index in [0.717, 1.165) is 23.3 Å². The molecule has 0 saturated heterocycles. The third-order valence-electron chi connectivity index (χ3n) is 5.24. The number of alkyl halides is 3. The van der Waals surface area contributed by atoms with Gasteiger partial charge in [-0.25, -0.2) is 4.79 Å². The van der Waals surface area contributed by atoms with E-state index in [9.17, 15) is 18.0 Å². The van der Waals surface area contributed by atoms with Crippen molar-refractivity contribution in [3.05, 3.63) is 95.1 Å². The number of nitrogens with two attached hydrogens (primary N) is 1. The van der Waals surface area contributed by atoms with Crippen molar-refractivity contribution < 1.29 is 18.0 Å². The van der Waals surface area contributed by atoms with Crippen LogP contribution in [0, 0.1) is 0 Å². The summed E-state index contributed by atoms with van der Waals surface area (Å²) in [5.41, 5.74) is 8.77. The Morgan fingerprint density at radius 3 is 2.43 bits per heavy atom. The summed E-state index contributed by atoms with van der Waals surface area (Å²) in [5.74, 6) is 0. The Labute approximate surface area is 172 Å². The van der Waals surface area contributed by atoms with Crippen LogP contribution in [-0.4, -0.2) is 17.5 Å². The summed E-state index contributed by atoms with van der Waals surface area (Å²) in [6.45, 7) is 0.441. The summed E-state index contributed by atoms with van der Waals surface area (Å²) in [4.78, 5) is 14.7. The van der Waals surface area contributed by atoms with E-state index in [1.807, 2.05) is 24.3 Å². The summed E-state index contributed by atoms with van der Waals surface area (Å²) < 4.78 is 39.0.